The standard InChI is InChI=1S/C19H20N2O4S.2C19H21NO2S.C14H15NO2.C4H6O3.CH4.HNO3/c1-12(19-20-13(2)18(26-19)8-9-25-21(22)23)14-4-5-16-11-17(24-3)7-6-15(16)10-14;2*1-12(19-20-13(2)18(23-19)8-9-21)14-4-5-16-11-17(22-3)7-6-15(16)10-14;1-9(14(15)16)10-3-4-12-8-13(17-2)6-5-11(12)7-10;1-3(5)7-4(2)6;;2-1(3)4/h4-7,10-12H,8-9H2,1-3H3;2*4-7,10-12,21H,8-9H2,1-3H3;3-9H,1-2H3,(H2,15,16);1-2H3;1H4;(H,2,3,4). The van der Waals surface area contributed by atoms with E-state index < -0.39 is 22.1 Å². The van der Waals surface area contributed by atoms with E-state index in [0.717, 1.165) is 87.1 Å². The molecule has 5 N–H and O–H groups in total. The Morgan fingerprint density at radius 3 is 0.970 bits per heavy atom. The van der Waals surface area contributed by atoms with Crippen molar-refractivity contribution in [2.75, 3.05) is 48.3 Å². The van der Waals surface area contributed by atoms with Gasteiger partial charge in [-0.1, -0.05) is 125 Å². The number of methoxy groups -OCH3 is 4. The summed E-state index contributed by atoms with van der Waals surface area (Å²) < 4.78 is 25.0. The van der Waals surface area contributed by atoms with Crippen molar-refractivity contribution in [2.24, 2.45) is 5.73 Å². The molecule has 0 aliphatic heterocycles. The number of esters is 2. The van der Waals surface area contributed by atoms with Crippen molar-refractivity contribution in [3.05, 3.63) is 235 Å². The predicted octanol–water partition coefficient (Wildman–Crippen LogP) is 15.9. The Kier molecular flexibility index (Phi) is 31.9. The number of primary amides is 1. The molecule has 0 fully saturated rings. The molecular formula is C76H88N6O16S3. The van der Waals surface area contributed by atoms with Gasteiger partial charge in [-0.3, -0.25) is 14.4 Å². The highest BCUT2D eigenvalue weighted by Crippen LogP contribution is 2.36. The first-order chi connectivity index (χ1) is 47.7. The van der Waals surface area contributed by atoms with Gasteiger partial charge in [0.2, 0.25) is 5.91 Å². The number of aryl methyl sites for hydroxylation is 3. The van der Waals surface area contributed by atoms with E-state index in [9.17, 15) is 24.5 Å². The number of aromatic nitrogens is 3. The molecule has 0 saturated heterocycles. The lowest BCUT2D eigenvalue weighted by Gasteiger charge is -2.11. The summed E-state index contributed by atoms with van der Waals surface area (Å²) in [4.78, 5) is 71.3. The fourth-order valence-corrected chi connectivity index (χ4v) is 13.8. The molecule has 11 aromatic rings. The Labute approximate surface area is 599 Å². The van der Waals surface area contributed by atoms with Gasteiger partial charge in [0.15, 0.2) is 0 Å². The number of aliphatic hydroxyl groups is 2. The fourth-order valence-electron chi connectivity index (χ4n) is 10.4. The smallest absolute Gasteiger partial charge is 0.310 e. The summed E-state index contributed by atoms with van der Waals surface area (Å²) in [6.07, 6.45) is 1.87. The number of nitrogens with zero attached hydrogens (tertiary/aromatic N) is 5. The molecule has 4 unspecified atom stereocenters. The summed E-state index contributed by atoms with van der Waals surface area (Å²) in [7, 11) is 6.68. The van der Waals surface area contributed by atoms with Crippen LogP contribution in [0.3, 0.4) is 0 Å². The lowest BCUT2D eigenvalue weighted by Crippen LogP contribution is -2.18. The van der Waals surface area contributed by atoms with Crippen molar-refractivity contribution in [1.29, 1.82) is 0 Å². The molecule has 25 heteroatoms. The van der Waals surface area contributed by atoms with Crippen LogP contribution in [-0.2, 0) is 43.2 Å². The zero-order valence-corrected chi connectivity index (χ0v) is 60.5. The largest absolute Gasteiger partial charge is 0.497 e. The highest BCUT2D eigenvalue weighted by Gasteiger charge is 2.20. The molecule has 11 rings (SSSR count). The highest BCUT2D eigenvalue weighted by atomic mass is 32.1. The van der Waals surface area contributed by atoms with Gasteiger partial charge in [0, 0.05) is 78.7 Å². The van der Waals surface area contributed by atoms with Crippen LogP contribution < -0.4 is 24.7 Å². The van der Waals surface area contributed by atoms with Gasteiger partial charge in [-0.05, 0) is 142 Å². The zero-order valence-electron chi connectivity index (χ0n) is 58.1. The number of carbonyl (C=O) groups is 3. The Hall–Kier alpha value is -10.2. The van der Waals surface area contributed by atoms with Crippen LogP contribution in [0.4, 0.5) is 0 Å². The molecule has 0 aliphatic rings. The molecule has 0 bridgehead atoms. The molecule has 0 aliphatic carbocycles. The second-order valence-electron chi connectivity index (χ2n) is 22.9. The Balaban J connectivity index is 0.000000232. The zero-order chi connectivity index (χ0) is 73.3. The summed E-state index contributed by atoms with van der Waals surface area (Å²) in [5.41, 5.74) is 12.9. The molecule has 4 atom stereocenters. The maximum Gasteiger partial charge on any atom is 0.310 e. The van der Waals surface area contributed by atoms with Crippen molar-refractivity contribution < 1.29 is 68.5 Å². The molecule has 0 spiro atoms. The number of benzene rings is 8. The van der Waals surface area contributed by atoms with Gasteiger partial charge in [0.25, 0.3) is 10.2 Å². The Morgan fingerprint density at radius 2 is 0.723 bits per heavy atom. The summed E-state index contributed by atoms with van der Waals surface area (Å²) in [5, 5.41) is 53.9. The van der Waals surface area contributed by atoms with E-state index in [-0.39, 0.29) is 56.8 Å². The van der Waals surface area contributed by atoms with Crippen molar-refractivity contribution in [3.63, 3.8) is 0 Å². The molecule has 0 radical (unpaired) electrons. The first kappa shape index (κ1) is 81.5. The molecule has 3 aromatic heterocycles. The minimum absolute atomic E-state index is 0. The Bertz CT molecular complexity index is 4440. The number of nitrogens with two attached hydrogens (primary N) is 1. The highest BCUT2D eigenvalue weighted by molar-refractivity contribution is 7.12. The lowest BCUT2D eigenvalue weighted by molar-refractivity contribution is -0.757. The van der Waals surface area contributed by atoms with Crippen LogP contribution in [-0.4, -0.2) is 107 Å². The van der Waals surface area contributed by atoms with Crippen LogP contribution >= 0.6 is 34.0 Å². The molecule has 0 saturated carbocycles. The van der Waals surface area contributed by atoms with E-state index >= 15 is 0 Å². The monoisotopic (exact) mass is 1440 g/mol. The topological polar surface area (TPSA) is 318 Å². The molecule has 536 valence electrons. The van der Waals surface area contributed by atoms with Crippen LogP contribution in [0.2, 0.25) is 0 Å². The lowest BCUT2D eigenvalue weighted by atomic mass is 9.97. The number of fused-ring (bicyclic) bond motifs is 4. The quantitative estimate of drug-likeness (QED) is 0.0238. The number of hydrogen-bond donors (Lipinski definition) is 4. The molecule has 8 aromatic carbocycles. The van der Waals surface area contributed by atoms with Crippen LogP contribution in [0, 0.1) is 41.0 Å². The Morgan fingerprint density at radius 1 is 0.465 bits per heavy atom. The third-order valence-electron chi connectivity index (χ3n) is 16.0. The van der Waals surface area contributed by atoms with Crippen molar-refractivity contribution in [1.82, 2.24) is 15.0 Å². The summed E-state index contributed by atoms with van der Waals surface area (Å²) >= 11 is 5.01. The van der Waals surface area contributed by atoms with Gasteiger partial charge in [0.05, 0.1) is 51.4 Å². The van der Waals surface area contributed by atoms with Crippen LogP contribution in [0.15, 0.2) is 146 Å². The molecule has 3 heterocycles. The van der Waals surface area contributed by atoms with Gasteiger partial charge in [-0.15, -0.1) is 54.2 Å². The van der Waals surface area contributed by atoms with E-state index in [1.807, 2.05) is 88.4 Å². The molecule has 101 heavy (non-hydrogen) atoms. The third kappa shape index (κ3) is 24.0. The second kappa shape index (κ2) is 39.6. The van der Waals surface area contributed by atoms with Crippen LogP contribution in [0.25, 0.3) is 43.1 Å². The maximum atomic E-state index is 11.1. The summed E-state index contributed by atoms with van der Waals surface area (Å²) in [6, 6.07) is 49.5. The first-order valence-electron chi connectivity index (χ1n) is 31.7. The van der Waals surface area contributed by atoms with Gasteiger partial charge >= 0.3 is 11.9 Å². The number of rotatable bonds is 20. The normalized spacial score (nSPS) is 11.7. The van der Waals surface area contributed by atoms with Crippen molar-refractivity contribution in [3.8, 4) is 23.0 Å². The van der Waals surface area contributed by atoms with Gasteiger partial charge < -0.3 is 49.7 Å². The van der Waals surface area contributed by atoms with E-state index in [1.165, 1.54) is 61.8 Å². The average molecular weight is 1440 g/mol. The van der Waals surface area contributed by atoms with E-state index in [1.54, 1.807) is 62.4 Å². The van der Waals surface area contributed by atoms with E-state index in [0.29, 0.717) is 19.3 Å². The number of hydrogen-bond acceptors (Lipinski definition) is 21. The number of ether oxygens (including phenoxy) is 5. The molecular weight excluding hydrogens is 1350 g/mol. The van der Waals surface area contributed by atoms with Crippen molar-refractivity contribution in [2.45, 2.75) is 113 Å². The number of thiazole rings is 3. The van der Waals surface area contributed by atoms with Gasteiger partial charge in [-0.25, -0.2) is 15.0 Å². The predicted molar refractivity (Wildman–Crippen MR) is 399 cm³/mol. The maximum absolute atomic E-state index is 11.1. The average Bonchev–Trinajstić information content (AvgIpc) is 1.77. The van der Waals surface area contributed by atoms with E-state index in [2.05, 4.69) is 120 Å². The summed E-state index contributed by atoms with van der Waals surface area (Å²) in [5.74, 6) is 2.37. The third-order valence-corrected chi connectivity index (χ3v) is 20.2. The molecule has 22 nitrogen and oxygen atoms in total. The number of amides is 1. The number of carbonyl (C=O) groups excluding carboxylic acids is 3. The fraction of sp³-hybridized carbons (Fsp3) is 0.316. The van der Waals surface area contributed by atoms with Gasteiger partial charge in [0.1, 0.15) is 44.6 Å². The second-order valence-corrected chi connectivity index (χ2v) is 26.3. The SMILES string of the molecule is C.CC(=O)OC(C)=O.COc1ccc2cc(C(C)C(N)=O)ccc2c1.COc1ccc2cc(C(C)c3nc(C)c(CCO)s3)ccc2c1.COc1ccc2cc(C(C)c3nc(C)c(CCO)s3)ccc2c1.COc1ccc2cc(C(C)c3nc(C)c(CCO[N+](=O)[O-])s3)ccc2c1.O=[N+]([O-])O. The molecule has 1 amide bonds. The minimum atomic E-state index is -1.50. The van der Waals surface area contributed by atoms with Crippen LogP contribution in [0.1, 0.15) is 142 Å². The number of aliphatic hydroxyl groups excluding tert-OH is 2. The van der Waals surface area contributed by atoms with Crippen LogP contribution in [0.5, 0.6) is 23.0 Å². The van der Waals surface area contributed by atoms with Crippen molar-refractivity contribution >= 4 is 94.9 Å². The van der Waals surface area contributed by atoms with Gasteiger partial charge in [-0.2, -0.15) is 0 Å². The first-order valence-corrected chi connectivity index (χ1v) is 34.1. The summed E-state index contributed by atoms with van der Waals surface area (Å²) in [6.45, 7) is 17.0. The van der Waals surface area contributed by atoms with E-state index in [4.69, 9.17) is 60.2 Å². The minimum Gasteiger partial charge on any atom is -0.497 e.